The van der Waals surface area contributed by atoms with Gasteiger partial charge in [-0.3, -0.25) is 4.79 Å². The molecule has 0 spiro atoms. The van der Waals surface area contributed by atoms with Crippen molar-refractivity contribution in [2.24, 2.45) is 0 Å². The summed E-state index contributed by atoms with van der Waals surface area (Å²) in [7, 11) is 0. The zero-order valence-electron chi connectivity index (χ0n) is 13.0. The number of rotatable bonds is 5. The summed E-state index contributed by atoms with van der Waals surface area (Å²) >= 11 is 1.56. The van der Waals surface area contributed by atoms with E-state index in [4.69, 9.17) is 0 Å². The number of hydrogen-bond donors (Lipinski definition) is 1. The van der Waals surface area contributed by atoms with Gasteiger partial charge in [-0.1, -0.05) is 49.4 Å². The maximum atomic E-state index is 12.1. The molecule has 1 N–H and O–H groups in total. The monoisotopic (exact) mass is 322 g/mol. The number of nitrogens with one attached hydrogen (secondary N) is 1. The Hall–Kier alpha value is -2.46. The van der Waals surface area contributed by atoms with E-state index in [0.29, 0.717) is 6.42 Å². The van der Waals surface area contributed by atoms with Crippen molar-refractivity contribution in [2.75, 3.05) is 5.32 Å². The fourth-order valence-electron chi connectivity index (χ4n) is 2.29. The van der Waals surface area contributed by atoms with Crippen molar-refractivity contribution in [3.8, 4) is 10.6 Å². The van der Waals surface area contributed by atoms with E-state index in [2.05, 4.69) is 17.2 Å². The molecule has 116 valence electrons. The van der Waals surface area contributed by atoms with Crippen molar-refractivity contribution in [1.82, 2.24) is 4.98 Å². The van der Waals surface area contributed by atoms with Crippen LogP contribution in [0.25, 0.3) is 10.6 Å². The second-order valence-corrected chi connectivity index (χ2v) is 6.14. The lowest BCUT2D eigenvalue weighted by Gasteiger charge is -2.05. The van der Waals surface area contributed by atoms with E-state index in [0.717, 1.165) is 28.4 Å². The first-order valence-electron chi connectivity index (χ1n) is 7.63. The molecule has 0 aliphatic rings. The highest BCUT2D eigenvalue weighted by molar-refractivity contribution is 7.13. The molecular formula is C19H18N2OS. The van der Waals surface area contributed by atoms with Gasteiger partial charge in [0.2, 0.25) is 5.91 Å². The Morgan fingerprint density at radius 2 is 1.83 bits per heavy atom. The van der Waals surface area contributed by atoms with Crippen LogP contribution in [0.3, 0.4) is 0 Å². The van der Waals surface area contributed by atoms with Gasteiger partial charge in [0.05, 0.1) is 12.1 Å². The van der Waals surface area contributed by atoms with Crippen molar-refractivity contribution in [1.29, 1.82) is 0 Å². The summed E-state index contributed by atoms with van der Waals surface area (Å²) in [6.45, 7) is 2.11. The molecule has 4 heteroatoms. The smallest absolute Gasteiger partial charge is 0.230 e. The number of aromatic nitrogens is 1. The van der Waals surface area contributed by atoms with Crippen LogP contribution >= 0.6 is 11.3 Å². The fourth-order valence-corrected chi connectivity index (χ4v) is 3.12. The highest BCUT2D eigenvalue weighted by Gasteiger charge is 2.09. The Balaban J connectivity index is 1.63. The molecule has 0 radical (unpaired) electrons. The minimum atomic E-state index is -0.0424. The lowest BCUT2D eigenvalue weighted by atomic mass is 10.1. The maximum Gasteiger partial charge on any atom is 0.230 e. The van der Waals surface area contributed by atoms with Gasteiger partial charge in [0.25, 0.3) is 0 Å². The first kappa shape index (κ1) is 15.4. The number of carbonyl (C=O) groups is 1. The van der Waals surface area contributed by atoms with Crippen LogP contribution in [0.15, 0.2) is 60.0 Å². The first-order valence-corrected chi connectivity index (χ1v) is 8.51. The third-order valence-electron chi connectivity index (χ3n) is 3.56. The number of anilines is 1. The Kier molecular flexibility index (Phi) is 4.83. The van der Waals surface area contributed by atoms with Gasteiger partial charge in [-0.05, 0) is 24.1 Å². The van der Waals surface area contributed by atoms with Crippen LogP contribution in [0.2, 0.25) is 0 Å². The molecule has 0 aliphatic heterocycles. The molecule has 0 unspecified atom stereocenters. The number of hydrogen-bond acceptors (Lipinski definition) is 3. The Labute approximate surface area is 140 Å². The van der Waals surface area contributed by atoms with Crippen molar-refractivity contribution in [2.45, 2.75) is 19.8 Å². The normalized spacial score (nSPS) is 10.5. The predicted molar refractivity (Wildman–Crippen MR) is 95.7 cm³/mol. The van der Waals surface area contributed by atoms with E-state index in [-0.39, 0.29) is 5.91 Å². The van der Waals surface area contributed by atoms with Gasteiger partial charge in [-0.2, -0.15) is 0 Å². The molecule has 3 aromatic rings. The molecule has 2 aromatic carbocycles. The van der Waals surface area contributed by atoms with Gasteiger partial charge in [-0.25, -0.2) is 4.98 Å². The van der Waals surface area contributed by atoms with Crippen molar-refractivity contribution in [3.63, 3.8) is 0 Å². The van der Waals surface area contributed by atoms with Crippen LogP contribution in [0.5, 0.6) is 0 Å². The number of carbonyl (C=O) groups excluding carboxylic acids is 1. The van der Waals surface area contributed by atoms with Gasteiger partial charge in [0.15, 0.2) is 0 Å². The van der Waals surface area contributed by atoms with E-state index >= 15 is 0 Å². The van der Waals surface area contributed by atoms with Gasteiger partial charge in [0.1, 0.15) is 5.01 Å². The minimum Gasteiger partial charge on any atom is -0.326 e. The number of benzene rings is 2. The molecule has 23 heavy (non-hydrogen) atoms. The molecule has 1 heterocycles. The summed E-state index contributed by atoms with van der Waals surface area (Å²) in [6, 6.07) is 18.0. The second kappa shape index (κ2) is 7.20. The topological polar surface area (TPSA) is 42.0 Å². The molecule has 0 atom stereocenters. The maximum absolute atomic E-state index is 12.1. The lowest BCUT2D eigenvalue weighted by molar-refractivity contribution is -0.115. The minimum absolute atomic E-state index is 0.0424. The van der Waals surface area contributed by atoms with Crippen molar-refractivity contribution < 1.29 is 4.79 Å². The third-order valence-corrected chi connectivity index (χ3v) is 4.50. The van der Waals surface area contributed by atoms with E-state index < -0.39 is 0 Å². The lowest BCUT2D eigenvalue weighted by Crippen LogP contribution is -2.14. The number of aryl methyl sites for hydroxylation is 1. The highest BCUT2D eigenvalue weighted by Crippen LogP contribution is 2.23. The standard InChI is InChI=1S/C19H18N2OS/c1-2-14-8-10-16(11-9-14)20-18(22)12-17-13-23-19(21-17)15-6-4-3-5-7-15/h3-11,13H,2,12H2,1H3,(H,20,22). The Morgan fingerprint density at radius 3 is 2.52 bits per heavy atom. The Morgan fingerprint density at radius 1 is 1.09 bits per heavy atom. The molecule has 3 nitrogen and oxygen atoms in total. The zero-order valence-corrected chi connectivity index (χ0v) is 13.8. The quantitative estimate of drug-likeness (QED) is 0.748. The van der Waals surface area contributed by atoms with Crippen molar-refractivity contribution >= 4 is 22.9 Å². The van der Waals surface area contributed by atoms with Crippen molar-refractivity contribution in [3.05, 3.63) is 71.2 Å². The van der Waals surface area contributed by atoms with Gasteiger partial charge in [-0.15, -0.1) is 11.3 Å². The molecule has 3 rings (SSSR count). The average Bonchev–Trinajstić information content (AvgIpc) is 3.04. The third kappa shape index (κ3) is 4.05. The average molecular weight is 322 g/mol. The summed E-state index contributed by atoms with van der Waals surface area (Å²) in [5.41, 5.74) is 3.97. The second-order valence-electron chi connectivity index (χ2n) is 5.29. The highest BCUT2D eigenvalue weighted by atomic mass is 32.1. The molecule has 0 saturated heterocycles. The summed E-state index contributed by atoms with van der Waals surface area (Å²) in [6.07, 6.45) is 1.29. The molecule has 0 saturated carbocycles. The van der Waals surface area contributed by atoms with Gasteiger partial charge < -0.3 is 5.32 Å². The van der Waals surface area contributed by atoms with Crippen LogP contribution in [-0.2, 0) is 17.6 Å². The summed E-state index contributed by atoms with van der Waals surface area (Å²) < 4.78 is 0. The molecule has 1 amide bonds. The van der Waals surface area contributed by atoms with Gasteiger partial charge in [0, 0.05) is 16.6 Å². The molecule has 0 fully saturated rings. The summed E-state index contributed by atoms with van der Waals surface area (Å²) in [5.74, 6) is -0.0424. The fraction of sp³-hybridized carbons (Fsp3) is 0.158. The zero-order chi connectivity index (χ0) is 16.1. The number of amides is 1. The molecule has 1 aromatic heterocycles. The van der Waals surface area contributed by atoms with E-state index in [1.807, 2.05) is 60.0 Å². The molecule has 0 bridgehead atoms. The van der Waals surface area contributed by atoms with Gasteiger partial charge >= 0.3 is 0 Å². The molecule has 0 aliphatic carbocycles. The van der Waals surface area contributed by atoms with E-state index in [1.54, 1.807) is 11.3 Å². The SMILES string of the molecule is CCc1ccc(NC(=O)Cc2csc(-c3ccccc3)n2)cc1. The van der Waals surface area contributed by atoms with Crippen LogP contribution in [0.1, 0.15) is 18.2 Å². The van der Waals surface area contributed by atoms with E-state index in [9.17, 15) is 4.79 Å². The Bertz CT molecular complexity index is 779. The molecular weight excluding hydrogens is 304 g/mol. The van der Waals surface area contributed by atoms with Crippen LogP contribution in [0, 0.1) is 0 Å². The van der Waals surface area contributed by atoms with Crippen LogP contribution < -0.4 is 5.32 Å². The van der Waals surface area contributed by atoms with E-state index in [1.165, 1.54) is 5.56 Å². The predicted octanol–water partition coefficient (Wildman–Crippen LogP) is 4.55. The number of nitrogens with zero attached hydrogens (tertiary/aromatic N) is 1. The summed E-state index contributed by atoms with van der Waals surface area (Å²) in [5, 5.41) is 5.81. The largest absolute Gasteiger partial charge is 0.326 e. The first-order chi connectivity index (χ1) is 11.2. The van der Waals surface area contributed by atoms with Crippen LogP contribution in [0.4, 0.5) is 5.69 Å². The summed E-state index contributed by atoms with van der Waals surface area (Å²) in [4.78, 5) is 16.7. The number of thiazole rings is 1. The van der Waals surface area contributed by atoms with Crippen LogP contribution in [-0.4, -0.2) is 10.9 Å².